The Morgan fingerprint density at radius 3 is 2.59 bits per heavy atom. The molecule has 1 aliphatic heterocycles. The summed E-state index contributed by atoms with van der Waals surface area (Å²) in [5, 5.41) is 3.72. The summed E-state index contributed by atoms with van der Waals surface area (Å²) in [4.78, 5) is 16.8. The minimum Gasteiger partial charge on any atom is -0.380 e. The van der Waals surface area contributed by atoms with E-state index in [1.165, 1.54) is 37.7 Å². The van der Waals surface area contributed by atoms with Crippen LogP contribution in [0.25, 0.3) is 0 Å². The first kappa shape index (κ1) is 20.5. The first-order valence-corrected chi connectivity index (χ1v) is 11.0. The minimum atomic E-state index is 0.0485. The smallest absolute Gasteiger partial charge is 0.285 e. The Morgan fingerprint density at radius 1 is 1.19 bits per heavy atom. The first-order chi connectivity index (χ1) is 12.9. The Morgan fingerprint density at radius 2 is 1.89 bits per heavy atom. The number of nitrogens with one attached hydrogen (secondary N) is 1. The summed E-state index contributed by atoms with van der Waals surface area (Å²) in [5.41, 5.74) is 5.44. The predicted molar refractivity (Wildman–Crippen MR) is 125 cm³/mol. The molecule has 2 aromatic carbocycles. The molecule has 142 valence electrons. The van der Waals surface area contributed by atoms with Gasteiger partial charge in [0, 0.05) is 29.1 Å². The lowest BCUT2D eigenvalue weighted by Crippen LogP contribution is -2.22. The normalized spacial score (nSPS) is 14.3. The molecule has 0 saturated heterocycles. The van der Waals surface area contributed by atoms with Gasteiger partial charge in [0.25, 0.3) is 5.24 Å². The van der Waals surface area contributed by atoms with Crippen molar-refractivity contribution in [3.8, 4) is 0 Å². The second kappa shape index (κ2) is 9.34. The molecular weight excluding hydrogens is 468 g/mol. The van der Waals surface area contributed by atoms with Gasteiger partial charge in [-0.15, -0.1) is 0 Å². The van der Waals surface area contributed by atoms with Gasteiger partial charge in [0.1, 0.15) is 0 Å². The largest absolute Gasteiger partial charge is 0.380 e. The lowest BCUT2D eigenvalue weighted by atomic mass is 10.0. The maximum Gasteiger partial charge on any atom is 0.285 e. The fourth-order valence-electron chi connectivity index (χ4n) is 3.16. The van der Waals surface area contributed by atoms with Crippen molar-refractivity contribution in [2.45, 2.75) is 24.3 Å². The fraction of sp³-hybridized carbons (Fsp3) is 0.350. The van der Waals surface area contributed by atoms with Crippen molar-refractivity contribution in [2.75, 3.05) is 32.5 Å². The Balaban J connectivity index is 1.69. The van der Waals surface area contributed by atoms with E-state index in [0.717, 1.165) is 37.4 Å². The van der Waals surface area contributed by atoms with E-state index in [9.17, 15) is 4.79 Å². The highest BCUT2D eigenvalue weighted by atomic mass is 127. The van der Waals surface area contributed by atoms with E-state index in [0.29, 0.717) is 0 Å². The number of thioether (sulfide) groups is 1. The molecule has 0 unspecified atom stereocenters. The number of hydrogen-bond acceptors (Lipinski definition) is 4. The van der Waals surface area contributed by atoms with Gasteiger partial charge in [-0.1, -0.05) is 18.2 Å². The van der Waals surface area contributed by atoms with E-state index in [-0.39, 0.29) is 5.24 Å². The Labute approximate surface area is 180 Å². The molecule has 0 saturated carbocycles. The topological polar surface area (TPSA) is 35.6 Å². The molecule has 0 radical (unpaired) electrons. The van der Waals surface area contributed by atoms with Crippen molar-refractivity contribution in [1.82, 2.24) is 9.71 Å². The van der Waals surface area contributed by atoms with Crippen molar-refractivity contribution in [3.05, 3.63) is 56.7 Å². The minimum absolute atomic E-state index is 0.0485. The molecule has 1 aliphatic rings. The van der Waals surface area contributed by atoms with Crippen LogP contribution >= 0.6 is 34.4 Å². The van der Waals surface area contributed by atoms with E-state index in [1.54, 1.807) is 19.0 Å². The van der Waals surface area contributed by atoms with Crippen LogP contribution in [0.5, 0.6) is 0 Å². The highest BCUT2D eigenvalue weighted by Gasteiger charge is 2.16. The molecule has 0 aliphatic carbocycles. The van der Waals surface area contributed by atoms with Gasteiger partial charge in [-0.25, -0.2) is 0 Å². The molecule has 0 aromatic heterocycles. The van der Waals surface area contributed by atoms with E-state index in [1.807, 2.05) is 12.1 Å². The highest BCUT2D eigenvalue weighted by Crippen LogP contribution is 2.30. The Bertz CT molecular complexity index is 814. The molecule has 0 fully saturated rings. The molecule has 0 atom stereocenters. The van der Waals surface area contributed by atoms with Gasteiger partial charge < -0.3 is 15.0 Å². The van der Waals surface area contributed by atoms with Gasteiger partial charge in [0.05, 0.1) is 5.69 Å². The van der Waals surface area contributed by atoms with Crippen molar-refractivity contribution in [3.63, 3.8) is 0 Å². The number of rotatable bonds is 4. The fourth-order valence-corrected chi connectivity index (χ4v) is 4.51. The van der Waals surface area contributed by atoms with Crippen LogP contribution in [-0.4, -0.2) is 50.1 Å². The lowest BCUT2D eigenvalue weighted by molar-refractivity contribution is 0.241. The van der Waals surface area contributed by atoms with Gasteiger partial charge in [0.2, 0.25) is 0 Å². The quantitative estimate of drug-likeness (QED) is 0.401. The second-order valence-corrected chi connectivity index (χ2v) is 9.31. The third-order valence-corrected chi connectivity index (χ3v) is 6.78. The number of hydrogen-bond donors (Lipinski definition) is 1. The third kappa shape index (κ3) is 5.42. The van der Waals surface area contributed by atoms with Gasteiger partial charge in [0.15, 0.2) is 7.98 Å². The number of anilines is 1. The summed E-state index contributed by atoms with van der Waals surface area (Å²) < 4.78 is 1.28. The van der Waals surface area contributed by atoms with Gasteiger partial charge in [-0.3, -0.25) is 4.79 Å². The van der Waals surface area contributed by atoms with Crippen LogP contribution in [0.2, 0.25) is 0 Å². The average molecular weight is 493 g/mol. The van der Waals surface area contributed by atoms with E-state index >= 15 is 0 Å². The molecule has 1 N–H and O–H groups in total. The number of fused-ring (bicyclic) bond motifs is 1. The zero-order valence-electron chi connectivity index (χ0n) is 16.1. The molecule has 0 spiro atoms. The molecule has 4 nitrogen and oxygen atoms in total. The Hall–Kier alpha value is -1.19. The SMILES string of the molecule is BN1CCc2ccc(I)c(NCc3ccc(SC(=O)N(C)C)cc3)c2CC1. The summed E-state index contributed by atoms with van der Waals surface area (Å²) in [6.07, 6.45) is 2.20. The zero-order valence-corrected chi connectivity index (χ0v) is 19.1. The molecule has 27 heavy (non-hydrogen) atoms. The summed E-state index contributed by atoms with van der Waals surface area (Å²) in [7, 11) is 5.75. The maximum atomic E-state index is 11.8. The van der Waals surface area contributed by atoms with Gasteiger partial charge in [-0.2, -0.15) is 0 Å². The third-order valence-electron chi connectivity index (χ3n) is 4.83. The molecule has 3 rings (SSSR count). The number of carbonyl (C=O) groups excluding carboxylic acids is 1. The standard InChI is InChI=1S/C20H25BIN3OS/c1-24(2)20(26)27-16-6-3-14(4-7-16)13-23-19-17-10-12-25(21)11-9-15(17)5-8-18(19)22/h3-8,23H,9-13,21H2,1-2H3. The summed E-state index contributed by atoms with van der Waals surface area (Å²) >= 11 is 3.69. The van der Waals surface area contributed by atoms with Crippen LogP contribution < -0.4 is 5.32 Å². The summed E-state index contributed by atoms with van der Waals surface area (Å²) in [6.45, 7) is 3.01. The van der Waals surface area contributed by atoms with Crippen molar-refractivity contribution >= 4 is 53.3 Å². The zero-order chi connectivity index (χ0) is 19.4. The van der Waals surface area contributed by atoms with Crippen molar-refractivity contribution in [2.24, 2.45) is 0 Å². The molecule has 0 bridgehead atoms. The predicted octanol–water partition coefficient (Wildman–Crippen LogP) is 3.63. The van der Waals surface area contributed by atoms with Crippen LogP contribution in [0.1, 0.15) is 16.7 Å². The molecule has 7 heteroatoms. The van der Waals surface area contributed by atoms with Crippen LogP contribution in [0.15, 0.2) is 41.3 Å². The lowest BCUT2D eigenvalue weighted by Gasteiger charge is -2.17. The van der Waals surface area contributed by atoms with E-state index in [2.05, 4.69) is 65.0 Å². The number of nitrogens with zero attached hydrogens (tertiary/aromatic N) is 2. The van der Waals surface area contributed by atoms with Crippen LogP contribution in [0.4, 0.5) is 10.5 Å². The molecular formula is C20H25BIN3OS. The average Bonchev–Trinajstić information content (AvgIpc) is 2.84. The van der Waals surface area contributed by atoms with E-state index < -0.39 is 0 Å². The number of carbonyl (C=O) groups is 1. The number of halogens is 1. The first-order valence-electron chi connectivity index (χ1n) is 9.15. The van der Waals surface area contributed by atoms with Gasteiger partial charge >= 0.3 is 0 Å². The summed E-state index contributed by atoms with van der Waals surface area (Å²) in [6, 6.07) is 12.7. The second-order valence-electron chi connectivity index (χ2n) is 7.12. The van der Waals surface area contributed by atoms with Crippen LogP contribution in [0, 0.1) is 3.57 Å². The van der Waals surface area contributed by atoms with Crippen LogP contribution in [0.3, 0.4) is 0 Å². The molecule has 1 amide bonds. The molecule has 1 heterocycles. The van der Waals surface area contributed by atoms with Gasteiger partial charge in [-0.05, 0) is 95.2 Å². The monoisotopic (exact) mass is 493 g/mol. The van der Waals surface area contributed by atoms with Crippen LogP contribution in [-0.2, 0) is 19.4 Å². The van der Waals surface area contributed by atoms with E-state index in [4.69, 9.17) is 0 Å². The Kier molecular flexibility index (Phi) is 7.11. The highest BCUT2D eigenvalue weighted by molar-refractivity contribution is 14.1. The van der Waals surface area contributed by atoms with Crippen molar-refractivity contribution in [1.29, 1.82) is 0 Å². The van der Waals surface area contributed by atoms with Crippen molar-refractivity contribution < 1.29 is 4.79 Å². The molecule has 2 aromatic rings. The summed E-state index contributed by atoms with van der Waals surface area (Å²) in [5.74, 6) is 0. The maximum absolute atomic E-state index is 11.8. The number of amides is 1. The number of benzene rings is 2.